The van der Waals surface area contributed by atoms with Gasteiger partial charge in [-0.2, -0.15) is 0 Å². The quantitative estimate of drug-likeness (QED) is 0.535. The van der Waals surface area contributed by atoms with E-state index >= 15 is 0 Å². The van der Waals surface area contributed by atoms with Gasteiger partial charge in [-0.3, -0.25) is 0 Å². The Kier molecular flexibility index (Phi) is 3.50. The van der Waals surface area contributed by atoms with Gasteiger partial charge < -0.3 is 0 Å². The van der Waals surface area contributed by atoms with E-state index in [9.17, 15) is 0 Å². The van der Waals surface area contributed by atoms with E-state index in [0.717, 1.165) is 35.5 Å². The maximum Gasteiger partial charge on any atom is -0.0357 e. The van der Waals surface area contributed by atoms with Gasteiger partial charge in [0.2, 0.25) is 0 Å². The first-order chi connectivity index (χ1) is 8.27. The van der Waals surface area contributed by atoms with E-state index in [1.54, 1.807) is 32.1 Å². The van der Waals surface area contributed by atoms with Crippen molar-refractivity contribution in [3.8, 4) is 0 Å². The Morgan fingerprint density at radius 3 is 1.47 bits per heavy atom. The average molecular weight is 234 g/mol. The van der Waals surface area contributed by atoms with Gasteiger partial charge in [0, 0.05) is 0 Å². The van der Waals surface area contributed by atoms with Crippen molar-refractivity contribution in [3.63, 3.8) is 0 Å². The van der Waals surface area contributed by atoms with Crippen LogP contribution in [-0.4, -0.2) is 0 Å². The molecule has 0 bridgehead atoms. The van der Waals surface area contributed by atoms with Gasteiger partial charge >= 0.3 is 0 Å². The normalized spacial score (nSPS) is 51.2. The number of hydrogen-bond donors (Lipinski definition) is 0. The molecule has 3 aliphatic rings. The second-order valence-corrected chi connectivity index (χ2v) is 7.37. The topological polar surface area (TPSA) is 0 Å². The molecule has 0 N–H and O–H groups in total. The highest BCUT2D eigenvalue weighted by atomic mass is 14.5. The lowest BCUT2D eigenvalue weighted by atomic mass is 9.68. The minimum Gasteiger partial charge on any atom is -0.0620 e. The van der Waals surface area contributed by atoms with Gasteiger partial charge in [-0.05, 0) is 54.8 Å². The molecular weight excluding hydrogens is 204 g/mol. The van der Waals surface area contributed by atoms with Crippen LogP contribution >= 0.6 is 0 Å². The number of rotatable bonds is 0. The first-order valence-electron chi connectivity index (χ1n) is 8.27. The van der Waals surface area contributed by atoms with Gasteiger partial charge in [-0.15, -0.1) is 0 Å². The Labute approximate surface area is 108 Å². The third kappa shape index (κ3) is 2.17. The molecule has 6 atom stereocenters. The van der Waals surface area contributed by atoms with E-state index in [-0.39, 0.29) is 0 Å². The lowest BCUT2D eigenvalue weighted by molar-refractivity contribution is 0.126. The molecule has 0 amide bonds. The second kappa shape index (κ2) is 4.94. The maximum absolute atomic E-state index is 2.59. The standard InChI is InChI=1S/C17H30/c1-12-13(2)17-10-6-4-8-15(17)11-14-7-3-5-9-16(12)14/h12-17H,3-11H2,1-2H3. The Morgan fingerprint density at radius 2 is 1.00 bits per heavy atom. The highest BCUT2D eigenvalue weighted by molar-refractivity contribution is 4.92. The van der Waals surface area contributed by atoms with E-state index in [1.165, 1.54) is 25.7 Å². The fourth-order valence-electron chi connectivity index (χ4n) is 5.61. The summed E-state index contributed by atoms with van der Waals surface area (Å²) >= 11 is 0. The molecule has 3 saturated carbocycles. The Bertz CT molecular complexity index is 227. The van der Waals surface area contributed by atoms with E-state index in [1.807, 2.05) is 0 Å². The Hall–Kier alpha value is 0. The van der Waals surface area contributed by atoms with Crippen LogP contribution in [-0.2, 0) is 0 Å². The van der Waals surface area contributed by atoms with E-state index in [0.29, 0.717) is 0 Å². The fraction of sp³-hybridized carbons (Fsp3) is 1.00. The summed E-state index contributed by atoms with van der Waals surface area (Å²) in [6, 6.07) is 0. The van der Waals surface area contributed by atoms with Crippen LogP contribution in [0.15, 0.2) is 0 Å². The summed E-state index contributed by atoms with van der Waals surface area (Å²) in [7, 11) is 0. The van der Waals surface area contributed by atoms with Crippen molar-refractivity contribution in [1.82, 2.24) is 0 Å². The zero-order chi connectivity index (χ0) is 11.8. The van der Waals surface area contributed by atoms with E-state index in [4.69, 9.17) is 0 Å². The monoisotopic (exact) mass is 234 g/mol. The van der Waals surface area contributed by atoms with Gasteiger partial charge in [0.25, 0.3) is 0 Å². The molecule has 3 aliphatic carbocycles. The Morgan fingerprint density at radius 1 is 0.588 bits per heavy atom. The molecule has 0 aliphatic heterocycles. The molecule has 0 spiro atoms. The van der Waals surface area contributed by atoms with Crippen LogP contribution in [0.25, 0.3) is 0 Å². The smallest absolute Gasteiger partial charge is 0.0357 e. The van der Waals surface area contributed by atoms with Crippen LogP contribution in [0, 0.1) is 35.5 Å². The summed E-state index contributed by atoms with van der Waals surface area (Å²) in [4.78, 5) is 0. The fourth-order valence-corrected chi connectivity index (χ4v) is 5.61. The molecule has 6 unspecified atom stereocenters. The molecule has 0 saturated heterocycles. The molecule has 0 nitrogen and oxygen atoms in total. The number of fused-ring (bicyclic) bond motifs is 2. The summed E-state index contributed by atoms with van der Waals surface area (Å²) in [6.45, 7) is 5.18. The van der Waals surface area contributed by atoms with Gasteiger partial charge in [0.15, 0.2) is 0 Å². The summed E-state index contributed by atoms with van der Waals surface area (Å²) in [6.07, 6.45) is 13.9. The highest BCUT2D eigenvalue weighted by Crippen LogP contribution is 2.52. The molecule has 0 heteroatoms. The van der Waals surface area contributed by atoms with Crippen molar-refractivity contribution >= 4 is 0 Å². The first kappa shape index (κ1) is 12.1. The number of hydrogen-bond acceptors (Lipinski definition) is 0. The predicted molar refractivity (Wildman–Crippen MR) is 73.8 cm³/mol. The summed E-state index contributed by atoms with van der Waals surface area (Å²) in [5, 5.41) is 0. The molecule has 0 radical (unpaired) electrons. The average Bonchev–Trinajstić information content (AvgIpc) is 2.48. The van der Waals surface area contributed by atoms with Crippen LogP contribution in [0.3, 0.4) is 0 Å². The van der Waals surface area contributed by atoms with Crippen LogP contribution < -0.4 is 0 Å². The SMILES string of the molecule is CC1C(C)C2CCCCC2CC2CCCCC21. The zero-order valence-corrected chi connectivity index (χ0v) is 11.8. The van der Waals surface area contributed by atoms with Gasteiger partial charge in [-0.1, -0.05) is 52.4 Å². The summed E-state index contributed by atoms with van der Waals surface area (Å²) in [5.74, 6) is 6.40. The van der Waals surface area contributed by atoms with Crippen molar-refractivity contribution in [2.45, 2.75) is 71.6 Å². The molecule has 0 aromatic carbocycles. The molecule has 3 rings (SSSR count). The predicted octanol–water partition coefficient (Wildman–Crippen LogP) is 5.28. The highest BCUT2D eigenvalue weighted by Gasteiger charge is 2.42. The van der Waals surface area contributed by atoms with Crippen molar-refractivity contribution < 1.29 is 0 Å². The van der Waals surface area contributed by atoms with Gasteiger partial charge in [0.1, 0.15) is 0 Å². The Balaban J connectivity index is 1.82. The van der Waals surface area contributed by atoms with Crippen LogP contribution in [0.1, 0.15) is 71.6 Å². The maximum atomic E-state index is 2.59. The zero-order valence-electron chi connectivity index (χ0n) is 11.8. The molecular formula is C17H30. The van der Waals surface area contributed by atoms with Gasteiger partial charge in [0.05, 0.1) is 0 Å². The third-order valence-corrected chi connectivity index (χ3v) is 6.72. The summed E-state index contributed by atoms with van der Waals surface area (Å²) < 4.78 is 0. The van der Waals surface area contributed by atoms with E-state index in [2.05, 4.69) is 13.8 Å². The van der Waals surface area contributed by atoms with Gasteiger partial charge in [-0.25, -0.2) is 0 Å². The lowest BCUT2D eigenvalue weighted by Crippen LogP contribution is -2.29. The molecule has 0 aromatic heterocycles. The van der Waals surface area contributed by atoms with Crippen molar-refractivity contribution in [2.24, 2.45) is 35.5 Å². The molecule has 0 heterocycles. The summed E-state index contributed by atoms with van der Waals surface area (Å²) in [5.41, 5.74) is 0. The van der Waals surface area contributed by atoms with Crippen molar-refractivity contribution in [2.75, 3.05) is 0 Å². The second-order valence-electron chi connectivity index (χ2n) is 7.37. The molecule has 0 aromatic rings. The molecule has 98 valence electrons. The third-order valence-electron chi connectivity index (χ3n) is 6.72. The lowest BCUT2D eigenvalue weighted by Gasteiger charge is -2.37. The van der Waals surface area contributed by atoms with E-state index < -0.39 is 0 Å². The first-order valence-corrected chi connectivity index (χ1v) is 8.27. The minimum absolute atomic E-state index is 1.01. The minimum atomic E-state index is 1.01. The molecule has 3 fully saturated rings. The largest absolute Gasteiger partial charge is 0.0620 e. The van der Waals surface area contributed by atoms with Crippen molar-refractivity contribution in [3.05, 3.63) is 0 Å². The van der Waals surface area contributed by atoms with Crippen LogP contribution in [0.2, 0.25) is 0 Å². The van der Waals surface area contributed by atoms with Crippen LogP contribution in [0.4, 0.5) is 0 Å². The van der Waals surface area contributed by atoms with Crippen LogP contribution in [0.5, 0.6) is 0 Å². The van der Waals surface area contributed by atoms with Crippen molar-refractivity contribution in [1.29, 1.82) is 0 Å². The molecule has 17 heavy (non-hydrogen) atoms.